The van der Waals surface area contributed by atoms with Gasteiger partial charge in [-0.3, -0.25) is 14.4 Å². The first-order valence-corrected chi connectivity index (χ1v) is 10.4. The number of nitrogens with zero attached hydrogens (tertiary/aromatic N) is 2. The summed E-state index contributed by atoms with van der Waals surface area (Å²) >= 11 is 0. The molecule has 0 saturated heterocycles. The van der Waals surface area contributed by atoms with Crippen LogP contribution in [0.25, 0.3) is 10.8 Å². The maximum Gasteiger partial charge on any atom is 0.294 e. The highest BCUT2D eigenvalue weighted by atomic mass is 16.2. The van der Waals surface area contributed by atoms with Crippen LogP contribution in [0.3, 0.4) is 0 Å². The smallest absolute Gasteiger partial charge is 0.294 e. The molecule has 4 rings (SSSR count). The molecule has 29 heavy (non-hydrogen) atoms. The lowest BCUT2D eigenvalue weighted by atomic mass is 9.86. The molecule has 0 radical (unpaired) electrons. The SMILES string of the molecule is CC(C)(C)NC(=O)c1nn(NC(=O)CC2CC3CCC2C3)c(=O)c2ccccc12. The number of hydrogen-bond donors (Lipinski definition) is 2. The van der Waals surface area contributed by atoms with Crippen molar-refractivity contribution in [1.82, 2.24) is 15.2 Å². The van der Waals surface area contributed by atoms with Gasteiger partial charge in [-0.05, 0) is 63.9 Å². The average Bonchev–Trinajstić information content (AvgIpc) is 3.25. The molecule has 0 spiro atoms. The van der Waals surface area contributed by atoms with Gasteiger partial charge in [0.15, 0.2) is 5.69 Å². The third-order valence-electron chi connectivity index (χ3n) is 6.07. The van der Waals surface area contributed by atoms with Crippen molar-refractivity contribution in [3.8, 4) is 0 Å². The topological polar surface area (TPSA) is 93.1 Å². The molecule has 7 nitrogen and oxygen atoms in total. The molecule has 7 heteroatoms. The molecular formula is C22H28N4O3. The summed E-state index contributed by atoms with van der Waals surface area (Å²) in [4.78, 5) is 39.2. The van der Waals surface area contributed by atoms with Crippen LogP contribution < -0.4 is 16.3 Å². The Balaban J connectivity index is 1.62. The Bertz CT molecular complexity index is 1020. The molecule has 1 heterocycles. The van der Waals surface area contributed by atoms with Crippen LogP contribution >= 0.6 is 0 Å². The third kappa shape index (κ3) is 4.04. The van der Waals surface area contributed by atoms with Crippen molar-refractivity contribution < 1.29 is 9.59 Å². The monoisotopic (exact) mass is 396 g/mol. The zero-order chi connectivity index (χ0) is 20.8. The van der Waals surface area contributed by atoms with Crippen molar-refractivity contribution in [1.29, 1.82) is 0 Å². The van der Waals surface area contributed by atoms with E-state index in [4.69, 9.17) is 0 Å². The minimum absolute atomic E-state index is 0.121. The fraction of sp³-hybridized carbons (Fsp3) is 0.545. The summed E-state index contributed by atoms with van der Waals surface area (Å²) in [5.74, 6) is 1.15. The molecular weight excluding hydrogens is 368 g/mol. The van der Waals surface area contributed by atoms with Gasteiger partial charge in [0.25, 0.3) is 11.5 Å². The summed E-state index contributed by atoms with van der Waals surface area (Å²) < 4.78 is 0. The fourth-order valence-corrected chi connectivity index (χ4v) is 4.86. The highest BCUT2D eigenvalue weighted by Gasteiger charge is 2.40. The maximum atomic E-state index is 12.8. The Morgan fingerprint density at radius 3 is 2.48 bits per heavy atom. The van der Waals surface area contributed by atoms with E-state index in [0.29, 0.717) is 29.0 Å². The van der Waals surface area contributed by atoms with Crippen LogP contribution in [0.15, 0.2) is 29.1 Å². The Labute approximate surface area is 169 Å². The van der Waals surface area contributed by atoms with Gasteiger partial charge in [0.05, 0.1) is 5.39 Å². The van der Waals surface area contributed by atoms with Crippen molar-refractivity contribution in [2.75, 3.05) is 5.43 Å². The number of carbonyl (C=O) groups excluding carboxylic acids is 2. The van der Waals surface area contributed by atoms with Gasteiger partial charge in [-0.2, -0.15) is 0 Å². The van der Waals surface area contributed by atoms with Crippen LogP contribution in [0.4, 0.5) is 0 Å². The predicted molar refractivity (Wildman–Crippen MR) is 111 cm³/mol. The number of rotatable bonds is 4. The summed E-state index contributed by atoms with van der Waals surface area (Å²) in [6, 6.07) is 6.83. The zero-order valence-electron chi connectivity index (χ0n) is 17.2. The number of benzene rings is 1. The Morgan fingerprint density at radius 1 is 1.14 bits per heavy atom. The number of amides is 2. The minimum Gasteiger partial charge on any atom is -0.346 e. The van der Waals surface area contributed by atoms with E-state index in [1.165, 1.54) is 19.3 Å². The lowest BCUT2D eigenvalue weighted by Crippen LogP contribution is -2.43. The summed E-state index contributed by atoms with van der Waals surface area (Å²) in [5, 5.41) is 7.90. The predicted octanol–water partition coefficient (Wildman–Crippen LogP) is 2.82. The average molecular weight is 396 g/mol. The molecule has 1 aromatic carbocycles. The van der Waals surface area contributed by atoms with E-state index in [2.05, 4.69) is 15.8 Å². The molecule has 0 aliphatic heterocycles. The molecule has 2 aliphatic rings. The molecule has 2 bridgehead atoms. The van der Waals surface area contributed by atoms with Gasteiger partial charge in [-0.15, -0.1) is 9.89 Å². The summed E-state index contributed by atoms with van der Waals surface area (Å²) in [7, 11) is 0. The number of carbonyl (C=O) groups is 2. The molecule has 154 valence electrons. The Hall–Kier alpha value is -2.70. The summed E-state index contributed by atoms with van der Waals surface area (Å²) in [5.41, 5.74) is 1.85. The number of hydrogen-bond acceptors (Lipinski definition) is 4. The number of aromatic nitrogens is 2. The van der Waals surface area contributed by atoms with Crippen LogP contribution in [0.5, 0.6) is 0 Å². The normalized spacial score (nSPS) is 23.3. The standard InChI is InChI=1S/C22H28N4O3/c1-22(2,3)23-20(28)19-16-6-4-5-7-17(16)21(29)26(25-19)24-18(27)12-15-11-13-8-9-14(15)10-13/h4-7,13-15H,8-12H2,1-3H3,(H,23,28)(H,24,27). The van der Waals surface area contributed by atoms with Crippen molar-refractivity contribution in [3.05, 3.63) is 40.3 Å². The van der Waals surface area contributed by atoms with Gasteiger partial charge in [0.2, 0.25) is 5.91 Å². The van der Waals surface area contributed by atoms with Crippen LogP contribution in [0.2, 0.25) is 0 Å². The highest BCUT2D eigenvalue weighted by molar-refractivity contribution is 6.05. The third-order valence-corrected chi connectivity index (χ3v) is 6.07. The van der Waals surface area contributed by atoms with E-state index < -0.39 is 11.1 Å². The van der Waals surface area contributed by atoms with E-state index in [0.717, 1.165) is 17.1 Å². The van der Waals surface area contributed by atoms with Gasteiger partial charge in [-0.25, -0.2) is 5.43 Å². The van der Waals surface area contributed by atoms with Crippen molar-refractivity contribution in [3.63, 3.8) is 0 Å². The second kappa shape index (κ2) is 7.28. The molecule has 2 aliphatic carbocycles. The van der Waals surface area contributed by atoms with Crippen LogP contribution in [-0.4, -0.2) is 27.2 Å². The molecule has 2 amide bonds. The first-order chi connectivity index (χ1) is 13.7. The molecule has 2 saturated carbocycles. The lowest BCUT2D eigenvalue weighted by Gasteiger charge is -2.22. The van der Waals surface area contributed by atoms with E-state index in [-0.39, 0.29) is 17.5 Å². The highest BCUT2D eigenvalue weighted by Crippen LogP contribution is 2.49. The van der Waals surface area contributed by atoms with Gasteiger partial charge in [0, 0.05) is 17.3 Å². The summed E-state index contributed by atoms with van der Waals surface area (Å²) in [6.07, 6.45) is 5.20. The fourth-order valence-electron chi connectivity index (χ4n) is 4.86. The van der Waals surface area contributed by atoms with Crippen molar-refractivity contribution in [2.24, 2.45) is 17.8 Å². The lowest BCUT2D eigenvalue weighted by molar-refractivity contribution is -0.118. The van der Waals surface area contributed by atoms with Crippen LogP contribution in [0, 0.1) is 17.8 Å². The quantitative estimate of drug-likeness (QED) is 0.831. The van der Waals surface area contributed by atoms with E-state index in [9.17, 15) is 14.4 Å². The molecule has 2 aromatic rings. The van der Waals surface area contributed by atoms with Gasteiger partial charge >= 0.3 is 0 Å². The second-order valence-corrected chi connectivity index (χ2v) is 9.49. The molecule has 1 aromatic heterocycles. The van der Waals surface area contributed by atoms with Gasteiger partial charge in [-0.1, -0.05) is 24.6 Å². The van der Waals surface area contributed by atoms with Crippen LogP contribution in [0.1, 0.15) is 63.4 Å². The first-order valence-electron chi connectivity index (χ1n) is 10.4. The molecule has 2 N–H and O–H groups in total. The van der Waals surface area contributed by atoms with E-state index >= 15 is 0 Å². The van der Waals surface area contributed by atoms with Crippen LogP contribution in [-0.2, 0) is 4.79 Å². The van der Waals surface area contributed by atoms with Crippen molar-refractivity contribution >= 4 is 22.6 Å². The van der Waals surface area contributed by atoms with Crippen molar-refractivity contribution in [2.45, 2.75) is 58.4 Å². The van der Waals surface area contributed by atoms with Gasteiger partial charge < -0.3 is 5.32 Å². The second-order valence-electron chi connectivity index (χ2n) is 9.49. The van der Waals surface area contributed by atoms with E-state index in [1.807, 2.05) is 20.8 Å². The minimum atomic E-state index is -0.453. The molecule has 2 fully saturated rings. The first kappa shape index (κ1) is 19.6. The Morgan fingerprint density at radius 2 is 1.86 bits per heavy atom. The van der Waals surface area contributed by atoms with Gasteiger partial charge in [0.1, 0.15) is 0 Å². The zero-order valence-corrected chi connectivity index (χ0v) is 17.2. The molecule has 3 unspecified atom stereocenters. The number of nitrogens with one attached hydrogen (secondary N) is 2. The number of fused-ring (bicyclic) bond motifs is 3. The summed E-state index contributed by atoms with van der Waals surface area (Å²) in [6.45, 7) is 5.63. The Kier molecular flexibility index (Phi) is 4.92. The largest absolute Gasteiger partial charge is 0.346 e. The molecule has 3 atom stereocenters. The van der Waals surface area contributed by atoms with E-state index in [1.54, 1.807) is 24.3 Å². The maximum absolute atomic E-state index is 12.8.